The van der Waals surface area contributed by atoms with Crippen molar-refractivity contribution in [3.63, 3.8) is 0 Å². The van der Waals surface area contributed by atoms with Crippen molar-refractivity contribution in [3.05, 3.63) is 52.8 Å². The van der Waals surface area contributed by atoms with Crippen LogP contribution in [0.25, 0.3) is 0 Å². The molecule has 1 unspecified atom stereocenters. The first-order valence-electron chi connectivity index (χ1n) is 6.84. The Hall–Kier alpha value is -1.61. The molecule has 1 atom stereocenters. The molecule has 1 N–H and O–H groups in total. The summed E-state index contributed by atoms with van der Waals surface area (Å²) in [7, 11) is 0. The van der Waals surface area contributed by atoms with E-state index in [0.29, 0.717) is 0 Å². The van der Waals surface area contributed by atoms with E-state index in [1.54, 1.807) is 0 Å². The molecule has 1 aromatic heterocycles. The third-order valence-corrected chi connectivity index (χ3v) is 3.47. The Morgan fingerprint density at radius 2 is 2.05 bits per heavy atom. The van der Waals surface area contributed by atoms with Gasteiger partial charge in [-0.3, -0.25) is 4.68 Å². The van der Waals surface area contributed by atoms with Crippen molar-refractivity contribution < 1.29 is 5.11 Å². The highest BCUT2D eigenvalue weighted by Gasteiger charge is 2.14. The first-order chi connectivity index (χ1) is 9.13. The number of aromatic nitrogens is 2. The Labute approximate surface area is 114 Å². The summed E-state index contributed by atoms with van der Waals surface area (Å²) >= 11 is 0. The predicted molar refractivity (Wildman–Crippen MR) is 77.3 cm³/mol. The fraction of sp³-hybridized carbons (Fsp3) is 0.438. The maximum Gasteiger partial charge on any atom is 0.0596 e. The van der Waals surface area contributed by atoms with Crippen molar-refractivity contribution in [2.75, 3.05) is 6.61 Å². The monoisotopic (exact) mass is 258 g/mol. The molecule has 0 saturated carbocycles. The second-order valence-corrected chi connectivity index (χ2v) is 5.09. The van der Waals surface area contributed by atoms with Gasteiger partial charge in [0.15, 0.2) is 0 Å². The summed E-state index contributed by atoms with van der Waals surface area (Å²) in [5, 5.41) is 14.1. The van der Waals surface area contributed by atoms with Gasteiger partial charge in [-0.25, -0.2) is 0 Å². The van der Waals surface area contributed by atoms with E-state index in [1.165, 1.54) is 16.8 Å². The third kappa shape index (κ3) is 3.24. The van der Waals surface area contributed by atoms with Crippen LogP contribution < -0.4 is 0 Å². The Kier molecular flexibility index (Phi) is 4.38. The summed E-state index contributed by atoms with van der Waals surface area (Å²) in [5.41, 5.74) is 4.67. The van der Waals surface area contributed by atoms with Crippen LogP contribution in [0.4, 0.5) is 0 Å². The summed E-state index contributed by atoms with van der Waals surface area (Å²) in [5.74, 6) is 0.140. The number of hydrogen-bond donors (Lipinski definition) is 1. The van der Waals surface area contributed by atoms with Crippen molar-refractivity contribution >= 4 is 0 Å². The number of nitrogens with zero attached hydrogens (tertiary/aromatic N) is 2. The van der Waals surface area contributed by atoms with Crippen LogP contribution in [0.3, 0.4) is 0 Å². The SMILES string of the molecule is CCn1nc(C)cc1CC(CO)c1cccc(C)c1. The number of benzene rings is 1. The van der Waals surface area contributed by atoms with Gasteiger partial charge in [-0.2, -0.15) is 5.10 Å². The van der Waals surface area contributed by atoms with Crippen molar-refractivity contribution in [3.8, 4) is 0 Å². The molecule has 19 heavy (non-hydrogen) atoms. The molecule has 0 radical (unpaired) electrons. The molecular weight excluding hydrogens is 236 g/mol. The van der Waals surface area contributed by atoms with Crippen LogP contribution in [0.15, 0.2) is 30.3 Å². The van der Waals surface area contributed by atoms with Gasteiger partial charge in [-0.05, 0) is 38.8 Å². The van der Waals surface area contributed by atoms with Crippen LogP contribution in [-0.4, -0.2) is 21.5 Å². The molecular formula is C16H22N2O. The molecule has 0 amide bonds. The minimum absolute atomic E-state index is 0.140. The Morgan fingerprint density at radius 3 is 2.68 bits per heavy atom. The highest BCUT2D eigenvalue weighted by atomic mass is 16.3. The van der Waals surface area contributed by atoms with Gasteiger partial charge >= 0.3 is 0 Å². The van der Waals surface area contributed by atoms with Crippen LogP contribution in [0.2, 0.25) is 0 Å². The Balaban J connectivity index is 2.23. The van der Waals surface area contributed by atoms with Gasteiger partial charge < -0.3 is 5.11 Å². The number of aliphatic hydroxyl groups is 1. The van der Waals surface area contributed by atoms with Crippen LogP contribution >= 0.6 is 0 Å². The van der Waals surface area contributed by atoms with Gasteiger partial charge in [0.1, 0.15) is 0 Å². The summed E-state index contributed by atoms with van der Waals surface area (Å²) in [6.07, 6.45) is 0.828. The van der Waals surface area contributed by atoms with Gasteiger partial charge in [-0.15, -0.1) is 0 Å². The average Bonchev–Trinajstić information content (AvgIpc) is 2.76. The maximum atomic E-state index is 9.67. The first kappa shape index (κ1) is 13.8. The number of aliphatic hydroxyl groups excluding tert-OH is 1. The van der Waals surface area contributed by atoms with Crippen LogP contribution in [-0.2, 0) is 13.0 Å². The fourth-order valence-electron chi connectivity index (χ4n) is 2.50. The third-order valence-electron chi connectivity index (χ3n) is 3.47. The summed E-state index contributed by atoms with van der Waals surface area (Å²) in [6.45, 7) is 7.22. The lowest BCUT2D eigenvalue weighted by Gasteiger charge is -2.16. The first-order valence-corrected chi connectivity index (χ1v) is 6.84. The summed E-state index contributed by atoms with van der Waals surface area (Å²) in [4.78, 5) is 0. The quantitative estimate of drug-likeness (QED) is 0.895. The summed E-state index contributed by atoms with van der Waals surface area (Å²) in [6, 6.07) is 10.5. The number of hydrogen-bond acceptors (Lipinski definition) is 2. The molecule has 0 fully saturated rings. The molecule has 0 aliphatic carbocycles. The zero-order chi connectivity index (χ0) is 13.8. The van der Waals surface area contributed by atoms with Gasteiger partial charge in [-0.1, -0.05) is 29.8 Å². The fourth-order valence-corrected chi connectivity index (χ4v) is 2.50. The molecule has 3 heteroatoms. The van der Waals surface area contributed by atoms with E-state index in [4.69, 9.17) is 0 Å². The van der Waals surface area contributed by atoms with E-state index in [1.807, 2.05) is 11.6 Å². The van der Waals surface area contributed by atoms with Gasteiger partial charge in [0.05, 0.1) is 12.3 Å². The lowest BCUT2D eigenvalue weighted by Crippen LogP contribution is -2.12. The summed E-state index contributed by atoms with van der Waals surface area (Å²) < 4.78 is 2.02. The molecule has 3 nitrogen and oxygen atoms in total. The molecule has 2 rings (SSSR count). The lowest BCUT2D eigenvalue weighted by atomic mass is 9.94. The van der Waals surface area contributed by atoms with Crippen LogP contribution in [0, 0.1) is 13.8 Å². The van der Waals surface area contributed by atoms with E-state index in [9.17, 15) is 5.11 Å². The van der Waals surface area contributed by atoms with Crippen LogP contribution in [0.1, 0.15) is 35.4 Å². The van der Waals surface area contributed by atoms with Crippen LogP contribution in [0.5, 0.6) is 0 Å². The minimum Gasteiger partial charge on any atom is -0.396 e. The molecule has 0 aliphatic rings. The second-order valence-electron chi connectivity index (χ2n) is 5.09. The molecule has 2 aromatic rings. The molecule has 102 valence electrons. The standard InChI is InChI=1S/C16H22N2O/c1-4-18-16(9-13(3)17-18)10-15(11-19)14-7-5-6-12(2)8-14/h5-9,15,19H,4,10-11H2,1-3H3. The lowest BCUT2D eigenvalue weighted by molar-refractivity contribution is 0.262. The number of rotatable bonds is 5. The van der Waals surface area contributed by atoms with E-state index >= 15 is 0 Å². The smallest absolute Gasteiger partial charge is 0.0596 e. The van der Waals surface area contributed by atoms with E-state index in [-0.39, 0.29) is 12.5 Å². The molecule has 0 bridgehead atoms. The molecule has 0 saturated heterocycles. The molecule has 1 aromatic carbocycles. The minimum atomic E-state index is 0.140. The zero-order valence-electron chi connectivity index (χ0n) is 11.9. The normalized spacial score (nSPS) is 12.6. The topological polar surface area (TPSA) is 38.0 Å². The average molecular weight is 258 g/mol. The Bertz CT molecular complexity index is 545. The van der Waals surface area contributed by atoms with E-state index in [2.05, 4.69) is 49.3 Å². The predicted octanol–water partition coefficient (Wildman–Crippen LogP) is 2.84. The van der Waals surface area contributed by atoms with Gasteiger partial charge in [0, 0.05) is 18.2 Å². The van der Waals surface area contributed by atoms with E-state index < -0.39 is 0 Å². The largest absolute Gasteiger partial charge is 0.396 e. The highest BCUT2D eigenvalue weighted by molar-refractivity contribution is 5.27. The zero-order valence-corrected chi connectivity index (χ0v) is 11.9. The van der Waals surface area contributed by atoms with Crippen molar-refractivity contribution in [2.45, 2.75) is 39.7 Å². The second kappa shape index (κ2) is 6.02. The van der Waals surface area contributed by atoms with Crippen molar-refractivity contribution in [1.82, 2.24) is 9.78 Å². The van der Waals surface area contributed by atoms with E-state index in [0.717, 1.165) is 18.7 Å². The molecule has 0 spiro atoms. The number of aryl methyl sites for hydroxylation is 3. The maximum absolute atomic E-state index is 9.67. The highest BCUT2D eigenvalue weighted by Crippen LogP contribution is 2.22. The Morgan fingerprint density at radius 1 is 1.26 bits per heavy atom. The van der Waals surface area contributed by atoms with Gasteiger partial charge in [0.2, 0.25) is 0 Å². The van der Waals surface area contributed by atoms with Gasteiger partial charge in [0.25, 0.3) is 0 Å². The van der Waals surface area contributed by atoms with Crippen molar-refractivity contribution in [1.29, 1.82) is 0 Å². The molecule has 0 aliphatic heterocycles. The van der Waals surface area contributed by atoms with Crippen molar-refractivity contribution in [2.24, 2.45) is 0 Å². The molecule has 1 heterocycles.